The van der Waals surface area contributed by atoms with Gasteiger partial charge in [0, 0.05) is 11.7 Å². The zero-order chi connectivity index (χ0) is 12.3. The van der Waals surface area contributed by atoms with Crippen LogP contribution in [0.3, 0.4) is 0 Å². The van der Waals surface area contributed by atoms with Gasteiger partial charge in [-0.2, -0.15) is 0 Å². The van der Waals surface area contributed by atoms with E-state index < -0.39 is 0 Å². The van der Waals surface area contributed by atoms with E-state index in [0.717, 1.165) is 17.7 Å². The molecule has 1 aromatic heterocycles. The molecular weight excluding hydrogens is 204 g/mol. The Morgan fingerprint density at radius 2 is 2.12 bits per heavy atom. The van der Waals surface area contributed by atoms with Crippen LogP contribution in [0.2, 0.25) is 0 Å². The molecule has 2 N–H and O–H groups in total. The predicted octanol–water partition coefficient (Wildman–Crippen LogP) is 1.38. The van der Waals surface area contributed by atoms with Crippen LogP contribution in [-0.2, 0) is 6.42 Å². The third-order valence-electron chi connectivity index (χ3n) is 2.36. The summed E-state index contributed by atoms with van der Waals surface area (Å²) in [5.74, 6) is -0.318. The molecular formula is C12H18N2O2. The zero-order valence-electron chi connectivity index (χ0n) is 10.2. The third-order valence-corrected chi connectivity index (χ3v) is 2.36. The maximum Gasteiger partial charge on any atom is 0.261 e. The van der Waals surface area contributed by atoms with Crippen molar-refractivity contribution in [1.82, 2.24) is 10.3 Å². The van der Waals surface area contributed by atoms with Crippen LogP contribution >= 0.6 is 0 Å². The highest BCUT2D eigenvalue weighted by atomic mass is 16.2. The largest absolute Gasteiger partial charge is 0.350 e. The van der Waals surface area contributed by atoms with Gasteiger partial charge in [-0.05, 0) is 38.8 Å². The minimum atomic E-state index is -0.319. The minimum Gasteiger partial charge on any atom is -0.350 e. The molecule has 0 aliphatic rings. The molecule has 0 aliphatic carbocycles. The summed E-state index contributed by atoms with van der Waals surface area (Å²) < 4.78 is 0. The number of carbonyl (C=O) groups excluding carboxylic acids is 1. The number of carbonyl (C=O) groups is 1. The zero-order valence-corrected chi connectivity index (χ0v) is 10.2. The molecule has 88 valence electrons. The lowest BCUT2D eigenvalue weighted by Crippen LogP contribution is -2.34. The Hall–Kier alpha value is -1.58. The van der Waals surface area contributed by atoms with Crippen LogP contribution in [0, 0.1) is 6.92 Å². The molecule has 16 heavy (non-hydrogen) atoms. The van der Waals surface area contributed by atoms with E-state index in [1.54, 1.807) is 6.07 Å². The second-order valence-corrected chi connectivity index (χ2v) is 4.16. The molecule has 4 nitrogen and oxygen atoms in total. The highest BCUT2D eigenvalue weighted by molar-refractivity contribution is 5.94. The third kappa shape index (κ3) is 2.72. The summed E-state index contributed by atoms with van der Waals surface area (Å²) in [5.41, 5.74) is 1.69. The van der Waals surface area contributed by atoms with Crippen LogP contribution in [0.4, 0.5) is 0 Å². The first-order chi connectivity index (χ1) is 7.45. The fourth-order valence-corrected chi connectivity index (χ4v) is 1.55. The Morgan fingerprint density at radius 1 is 1.50 bits per heavy atom. The van der Waals surface area contributed by atoms with Gasteiger partial charge in [0.1, 0.15) is 5.56 Å². The van der Waals surface area contributed by atoms with Crippen LogP contribution < -0.4 is 10.9 Å². The molecule has 0 saturated carbocycles. The number of aromatic amines is 1. The summed E-state index contributed by atoms with van der Waals surface area (Å²) in [5, 5.41) is 2.71. The summed E-state index contributed by atoms with van der Waals surface area (Å²) in [7, 11) is 0. The Labute approximate surface area is 95.1 Å². The maximum atomic E-state index is 11.7. The van der Waals surface area contributed by atoms with Crippen molar-refractivity contribution in [2.45, 2.75) is 40.2 Å². The molecule has 0 saturated heterocycles. The highest BCUT2D eigenvalue weighted by Crippen LogP contribution is 2.05. The number of aromatic nitrogens is 1. The fourth-order valence-electron chi connectivity index (χ4n) is 1.55. The molecule has 1 heterocycles. The number of hydrogen-bond acceptors (Lipinski definition) is 2. The Balaban J connectivity index is 3.11. The predicted molar refractivity (Wildman–Crippen MR) is 63.8 cm³/mol. The van der Waals surface area contributed by atoms with Crippen LogP contribution in [0.15, 0.2) is 10.9 Å². The number of aryl methyl sites for hydroxylation is 2. The molecule has 0 aromatic carbocycles. The molecule has 0 spiro atoms. The van der Waals surface area contributed by atoms with Crippen molar-refractivity contribution >= 4 is 5.91 Å². The maximum absolute atomic E-state index is 11.7. The van der Waals surface area contributed by atoms with Crippen LogP contribution in [0.5, 0.6) is 0 Å². The van der Waals surface area contributed by atoms with Gasteiger partial charge in [-0.1, -0.05) is 6.92 Å². The van der Waals surface area contributed by atoms with Crippen LogP contribution in [0.25, 0.3) is 0 Å². The molecule has 1 amide bonds. The average Bonchev–Trinajstić information content (AvgIpc) is 2.19. The Morgan fingerprint density at radius 3 is 2.62 bits per heavy atom. The highest BCUT2D eigenvalue weighted by Gasteiger charge is 2.13. The Bertz CT molecular complexity index is 447. The summed E-state index contributed by atoms with van der Waals surface area (Å²) in [6, 6.07) is 1.67. The molecule has 0 bridgehead atoms. The van der Waals surface area contributed by atoms with Gasteiger partial charge < -0.3 is 10.3 Å². The van der Waals surface area contributed by atoms with Gasteiger partial charge in [-0.3, -0.25) is 9.59 Å². The number of H-pyrrole nitrogens is 1. The lowest BCUT2D eigenvalue weighted by atomic mass is 10.1. The van der Waals surface area contributed by atoms with Gasteiger partial charge in [0.2, 0.25) is 0 Å². The number of hydrogen-bond donors (Lipinski definition) is 2. The van der Waals surface area contributed by atoms with Crippen LogP contribution in [-0.4, -0.2) is 16.9 Å². The fraction of sp³-hybridized carbons (Fsp3) is 0.500. The van der Waals surface area contributed by atoms with Gasteiger partial charge in [0.15, 0.2) is 0 Å². The molecule has 0 unspecified atom stereocenters. The van der Waals surface area contributed by atoms with Gasteiger partial charge >= 0.3 is 0 Å². The van der Waals surface area contributed by atoms with Gasteiger partial charge in [-0.25, -0.2) is 0 Å². The monoisotopic (exact) mass is 222 g/mol. The summed E-state index contributed by atoms with van der Waals surface area (Å²) >= 11 is 0. The van der Waals surface area contributed by atoms with Crippen LogP contribution in [0.1, 0.15) is 42.4 Å². The number of pyridine rings is 1. The lowest BCUT2D eigenvalue weighted by Gasteiger charge is -2.09. The molecule has 4 heteroatoms. The van der Waals surface area contributed by atoms with Gasteiger partial charge in [0.05, 0.1) is 0 Å². The first-order valence-corrected chi connectivity index (χ1v) is 5.49. The van der Waals surface area contributed by atoms with Crippen molar-refractivity contribution in [1.29, 1.82) is 0 Å². The number of amides is 1. The van der Waals surface area contributed by atoms with Crippen molar-refractivity contribution in [3.05, 3.63) is 33.2 Å². The van der Waals surface area contributed by atoms with Crippen molar-refractivity contribution in [2.24, 2.45) is 0 Å². The topological polar surface area (TPSA) is 62.0 Å². The smallest absolute Gasteiger partial charge is 0.261 e. The Kier molecular flexibility index (Phi) is 3.88. The van der Waals surface area contributed by atoms with E-state index in [1.165, 1.54) is 0 Å². The molecule has 0 aliphatic heterocycles. The van der Waals surface area contributed by atoms with E-state index in [1.807, 2.05) is 27.7 Å². The quantitative estimate of drug-likeness (QED) is 0.811. The summed E-state index contributed by atoms with van der Waals surface area (Å²) in [4.78, 5) is 26.1. The van der Waals surface area contributed by atoms with Gasteiger partial charge in [-0.15, -0.1) is 0 Å². The second kappa shape index (κ2) is 4.96. The van der Waals surface area contributed by atoms with Gasteiger partial charge in [0.25, 0.3) is 11.5 Å². The van der Waals surface area contributed by atoms with E-state index in [4.69, 9.17) is 0 Å². The summed E-state index contributed by atoms with van der Waals surface area (Å²) in [6.45, 7) is 7.58. The molecule has 0 fully saturated rings. The van der Waals surface area contributed by atoms with E-state index in [2.05, 4.69) is 10.3 Å². The first-order valence-electron chi connectivity index (χ1n) is 5.49. The SMILES string of the molecule is CCc1[nH]c(=O)c(C(=O)NC(C)C)cc1C. The standard InChI is InChI=1S/C12H18N2O2/c1-5-10-8(4)6-9(12(16)14-10)11(15)13-7(2)3/h6-7H,5H2,1-4H3,(H,13,15)(H,14,16). The lowest BCUT2D eigenvalue weighted by molar-refractivity contribution is 0.0941. The average molecular weight is 222 g/mol. The summed E-state index contributed by atoms with van der Waals surface area (Å²) in [6.07, 6.45) is 0.757. The van der Waals surface area contributed by atoms with E-state index in [-0.39, 0.29) is 23.1 Å². The molecule has 1 aromatic rings. The first kappa shape index (κ1) is 12.5. The number of rotatable bonds is 3. The number of nitrogens with one attached hydrogen (secondary N) is 2. The van der Waals surface area contributed by atoms with E-state index >= 15 is 0 Å². The van der Waals surface area contributed by atoms with Crippen molar-refractivity contribution < 1.29 is 4.79 Å². The molecule has 0 atom stereocenters. The van der Waals surface area contributed by atoms with Crippen molar-refractivity contribution in [3.63, 3.8) is 0 Å². The minimum absolute atomic E-state index is 0.0260. The molecule has 1 rings (SSSR count). The normalized spacial score (nSPS) is 10.6. The van der Waals surface area contributed by atoms with E-state index in [0.29, 0.717) is 0 Å². The second-order valence-electron chi connectivity index (χ2n) is 4.16. The van der Waals surface area contributed by atoms with E-state index in [9.17, 15) is 9.59 Å². The van der Waals surface area contributed by atoms with Crippen molar-refractivity contribution in [2.75, 3.05) is 0 Å². The molecule has 0 radical (unpaired) electrons. The van der Waals surface area contributed by atoms with Crippen molar-refractivity contribution in [3.8, 4) is 0 Å².